The van der Waals surface area contributed by atoms with Gasteiger partial charge in [0.2, 0.25) is 0 Å². The van der Waals surface area contributed by atoms with Crippen LogP contribution in [0.25, 0.3) is 0 Å². The molecule has 0 saturated carbocycles. The van der Waals surface area contributed by atoms with Crippen LogP contribution in [0.5, 0.6) is 0 Å². The highest BCUT2D eigenvalue weighted by molar-refractivity contribution is 6.43. The Morgan fingerprint density at radius 3 is 1.95 bits per heavy atom. The molecule has 0 unspecified atom stereocenters. The van der Waals surface area contributed by atoms with E-state index in [1.165, 1.54) is 12.6 Å². The van der Waals surface area contributed by atoms with Gasteiger partial charge in [-0.25, -0.2) is 5.01 Å². The summed E-state index contributed by atoms with van der Waals surface area (Å²) < 4.78 is 0. The molecule has 0 heterocycles. The number of hydrazone groups is 1. The van der Waals surface area contributed by atoms with Crippen molar-refractivity contribution in [1.82, 2.24) is 5.01 Å². The number of hydrogen-bond acceptors (Lipinski definition) is 3. The summed E-state index contributed by atoms with van der Waals surface area (Å²) in [5, 5.41) is 4.47. The molecule has 20 heavy (non-hydrogen) atoms. The molecule has 4 heteroatoms. The predicted molar refractivity (Wildman–Crippen MR) is 81.2 cm³/mol. The van der Waals surface area contributed by atoms with E-state index >= 15 is 0 Å². The molecule has 0 aromatic heterocycles. The quantitative estimate of drug-likeness (QED) is 0.346. The fourth-order valence-electron chi connectivity index (χ4n) is 2.21. The van der Waals surface area contributed by atoms with Crippen LogP contribution in [0, 0.1) is 0 Å². The maximum absolute atomic E-state index is 12.4. The smallest absolute Gasteiger partial charge is 0.283 e. The lowest BCUT2D eigenvalue weighted by atomic mass is 9.91. The first kappa shape index (κ1) is 16.1. The van der Waals surface area contributed by atoms with Gasteiger partial charge in [0.05, 0.1) is 0 Å². The summed E-state index contributed by atoms with van der Waals surface area (Å²) in [6.45, 7) is 9.33. The van der Waals surface area contributed by atoms with E-state index in [2.05, 4.69) is 18.7 Å². The Bertz CT molecular complexity index is 510. The molecule has 1 aromatic carbocycles. The van der Waals surface area contributed by atoms with Crippen LogP contribution in [0.3, 0.4) is 0 Å². The van der Waals surface area contributed by atoms with E-state index in [1.54, 1.807) is 0 Å². The minimum atomic E-state index is -0.645. The molecule has 0 aliphatic heterocycles. The fourth-order valence-corrected chi connectivity index (χ4v) is 2.21. The van der Waals surface area contributed by atoms with E-state index in [0.29, 0.717) is 5.56 Å². The molecular weight excluding hydrogens is 252 g/mol. The number of Topliss-reactive ketones (excluding diaryl/α,β-unsaturated/α-hetero) is 1. The molecule has 0 saturated heterocycles. The van der Waals surface area contributed by atoms with Crippen LogP contribution >= 0.6 is 0 Å². The van der Waals surface area contributed by atoms with E-state index in [1.807, 2.05) is 26.0 Å². The summed E-state index contributed by atoms with van der Waals surface area (Å²) in [7, 11) is 1.44. The second kappa shape index (κ2) is 6.98. The Balaban J connectivity index is 3.38. The van der Waals surface area contributed by atoms with Crippen LogP contribution < -0.4 is 0 Å². The molecule has 0 radical (unpaired) electrons. The summed E-state index contributed by atoms with van der Waals surface area (Å²) in [6, 6.07) is 4.03. The summed E-state index contributed by atoms with van der Waals surface area (Å²) in [6.07, 6.45) is 2.36. The van der Waals surface area contributed by atoms with Gasteiger partial charge >= 0.3 is 5.91 Å². The van der Waals surface area contributed by atoms with E-state index in [4.69, 9.17) is 0 Å². The molecule has 0 fully saturated rings. The van der Waals surface area contributed by atoms with Gasteiger partial charge in [0, 0.05) is 19.3 Å². The van der Waals surface area contributed by atoms with Gasteiger partial charge in [-0.3, -0.25) is 9.59 Å². The highest BCUT2D eigenvalue weighted by Gasteiger charge is 2.25. The minimum absolute atomic E-state index is 0.503. The van der Waals surface area contributed by atoms with Gasteiger partial charge in [0.15, 0.2) is 0 Å². The maximum atomic E-state index is 12.4. The standard InChI is InChI=1S/C16H22N2O2/c1-6-11-9-12(7-2)14(13(8-3)10-11)15(19)16(20)18(5)17-4/h9-10H,4,6-8H2,1-3,5H3. The van der Waals surface area contributed by atoms with Crippen LogP contribution in [0.15, 0.2) is 17.2 Å². The van der Waals surface area contributed by atoms with Crippen molar-refractivity contribution in [3.05, 3.63) is 34.4 Å². The fraction of sp³-hybridized carbons (Fsp3) is 0.438. The average Bonchev–Trinajstić information content (AvgIpc) is 2.50. The van der Waals surface area contributed by atoms with Crippen molar-refractivity contribution < 1.29 is 9.59 Å². The van der Waals surface area contributed by atoms with Crippen molar-refractivity contribution in [3.8, 4) is 0 Å². The van der Waals surface area contributed by atoms with Crippen molar-refractivity contribution in [1.29, 1.82) is 0 Å². The van der Waals surface area contributed by atoms with Gasteiger partial charge in [-0.05, 0) is 36.0 Å². The third-order valence-electron chi connectivity index (χ3n) is 3.46. The zero-order valence-corrected chi connectivity index (χ0v) is 12.7. The molecule has 0 aliphatic rings. The Morgan fingerprint density at radius 2 is 1.60 bits per heavy atom. The number of rotatable bonds is 6. The van der Waals surface area contributed by atoms with Crippen LogP contribution in [0.4, 0.5) is 0 Å². The molecule has 0 aliphatic carbocycles. The maximum Gasteiger partial charge on any atom is 0.314 e. The number of aryl methyl sites for hydroxylation is 3. The van der Waals surface area contributed by atoms with Gasteiger partial charge < -0.3 is 0 Å². The van der Waals surface area contributed by atoms with Gasteiger partial charge in [0.25, 0.3) is 5.78 Å². The Labute approximate surface area is 120 Å². The Morgan fingerprint density at radius 1 is 1.10 bits per heavy atom. The number of hydrogen-bond donors (Lipinski definition) is 0. The third kappa shape index (κ3) is 3.13. The van der Waals surface area contributed by atoms with Gasteiger partial charge in [0.1, 0.15) is 0 Å². The van der Waals surface area contributed by atoms with E-state index in [-0.39, 0.29) is 0 Å². The lowest BCUT2D eigenvalue weighted by Crippen LogP contribution is -2.30. The summed E-state index contributed by atoms with van der Waals surface area (Å²) in [5.41, 5.74) is 3.58. The second-order valence-electron chi connectivity index (χ2n) is 4.65. The molecule has 0 atom stereocenters. The van der Waals surface area contributed by atoms with Gasteiger partial charge in [-0.15, -0.1) is 0 Å². The Hall–Kier alpha value is -1.97. The summed E-state index contributed by atoms with van der Waals surface area (Å²) >= 11 is 0. The minimum Gasteiger partial charge on any atom is -0.283 e. The summed E-state index contributed by atoms with van der Waals surface area (Å²) in [4.78, 5) is 24.4. The van der Waals surface area contributed by atoms with Gasteiger partial charge in [-0.2, -0.15) is 5.10 Å². The van der Waals surface area contributed by atoms with Crippen molar-refractivity contribution in [3.63, 3.8) is 0 Å². The van der Waals surface area contributed by atoms with Crippen molar-refractivity contribution >= 4 is 18.4 Å². The zero-order chi connectivity index (χ0) is 15.3. The molecule has 4 nitrogen and oxygen atoms in total. The van der Waals surface area contributed by atoms with E-state index < -0.39 is 11.7 Å². The summed E-state index contributed by atoms with van der Waals surface area (Å²) in [5.74, 6) is -1.15. The first-order valence-electron chi connectivity index (χ1n) is 6.93. The molecule has 0 spiro atoms. The predicted octanol–water partition coefficient (Wildman–Crippen LogP) is 2.63. The van der Waals surface area contributed by atoms with Crippen LogP contribution in [-0.4, -0.2) is 30.5 Å². The zero-order valence-electron chi connectivity index (χ0n) is 12.7. The lowest BCUT2D eigenvalue weighted by Gasteiger charge is -2.16. The van der Waals surface area contributed by atoms with Crippen molar-refractivity contribution in [2.24, 2.45) is 5.10 Å². The number of ketones is 1. The molecule has 108 valence electrons. The topological polar surface area (TPSA) is 49.7 Å². The van der Waals surface area contributed by atoms with E-state index in [9.17, 15) is 9.59 Å². The molecule has 1 rings (SSSR count). The normalized spacial score (nSPS) is 10.2. The highest BCUT2D eigenvalue weighted by atomic mass is 16.2. The number of amides is 1. The van der Waals surface area contributed by atoms with Crippen LogP contribution in [0.1, 0.15) is 47.8 Å². The van der Waals surface area contributed by atoms with Crippen molar-refractivity contribution in [2.75, 3.05) is 7.05 Å². The SMILES string of the molecule is C=NN(C)C(=O)C(=O)c1c(CC)cc(CC)cc1CC. The lowest BCUT2D eigenvalue weighted by molar-refractivity contribution is -0.125. The highest BCUT2D eigenvalue weighted by Crippen LogP contribution is 2.21. The molecule has 0 bridgehead atoms. The number of benzene rings is 1. The van der Waals surface area contributed by atoms with Crippen molar-refractivity contribution in [2.45, 2.75) is 40.0 Å². The van der Waals surface area contributed by atoms with E-state index in [0.717, 1.165) is 35.4 Å². The number of likely N-dealkylation sites (N-methyl/N-ethyl adjacent to an activating group) is 1. The molecular formula is C16H22N2O2. The first-order chi connectivity index (χ1) is 9.49. The van der Waals surface area contributed by atoms with Crippen LogP contribution in [-0.2, 0) is 24.1 Å². The molecule has 1 amide bonds. The molecule has 1 aromatic rings. The average molecular weight is 274 g/mol. The number of carbonyl (C=O) groups excluding carboxylic acids is 2. The van der Waals surface area contributed by atoms with Gasteiger partial charge in [-0.1, -0.05) is 32.9 Å². The van der Waals surface area contributed by atoms with Crippen LogP contribution in [0.2, 0.25) is 0 Å². The number of nitrogens with zero attached hydrogens (tertiary/aromatic N) is 2. The molecule has 0 N–H and O–H groups in total. The number of carbonyl (C=O) groups is 2. The second-order valence-corrected chi connectivity index (χ2v) is 4.65. The third-order valence-corrected chi connectivity index (χ3v) is 3.46. The largest absolute Gasteiger partial charge is 0.314 e. The first-order valence-corrected chi connectivity index (χ1v) is 6.93. The Kier molecular flexibility index (Phi) is 5.62. The monoisotopic (exact) mass is 274 g/mol.